The number of anilines is 1. The molecular formula is C18H20N4O5. The Morgan fingerprint density at radius 2 is 1.78 bits per heavy atom. The average molecular weight is 372 g/mol. The van der Waals surface area contributed by atoms with Crippen LogP contribution >= 0.6 is 0 Å². The van der Waals surface area contributed by atoms with Crippen LogP contribution in [0, 0.1) is 20.2 Å². The van der Waals surface area contributed by atoms with Crippen molar-refractivity contribution in [1.82, 2.24) is 0 Å². The molecule has 2 rings (SSSR count). The molecule has 2 aromatic carbocycles. The number of hydrogen-bond donors (Lipinski definition) is 2. The van der Waals surface area contributed by atoms with Gasteiger partial charge < -0.3 is 5.11 Å². The first-order valence-electron chi connectivity index (χ1n) is 8.20. The molecular weight excluding hydrogens is 352 g/mol. The number of hydrogen-bond acceptors (Lipinski definition) is 7. The molecule has 142 valence electrons. The summed E-state index contributed by atoms with van der Waals surface area (Å²) in [5.41, 5.74) is 2.38. The number of aliphatic hydroxyl groups is 1. The van der Waals surface area contributed by atoms with E-state index >= 15 is 0 Å². The van der Waals surface area contributed by atoms with Gasteiger partial charge in [0.25, 0.3) is 5.69 Å². The molecule has 9 nitrogen and oxygen atoms in total. The van der Waals surface area contributed by atoms with E-state index in [0.717, 1.165) is 11.6 Å². The molecule has 0 spiro atoms. The van der Waals surface area contributed by atoms with E-state index in [1.54, 1.807) is 13.8 Å². The van der Waals surface area contributed by atoms with Crippen molar-refractivity contribution in [3.05, 3.63) is 74.3 Å². The van der Waals surface area contributed by atoms with Gasteiger partial charge in [0, 0.05) is 6.07 Å². The van der Waals surface area contributed by atoms with Crippen LogP contribution in [0.4, 0.5) is 17.1 Å². The second-order valence-corrected chi connectivity index (χ2v) is 6.56. The van der Waals surface area contributed by atoms with Crippen molar-refractivity contribution < 1.29 is 15.0 Å². The lowest BCUT2D eigenvalue weighted by atomic mass is 9.97. The molecule has 0 heterocycles. The molecule has 0 bridgehead atoms. The Bertz CT molecular complexity index is 860. The fraction of sp³-hybridized carbons (Fsp3) is 0.278. The standard InChI is InChI=1S/C18H20N4O5/c1-18(2,23)11-10-15(13-6-4-3-5-7-13)19-20-16-9-8-14(21(24)25)12-17(16)22(26)27/h3-9,12,20,23H,10-11H2,1-2H3/b19-15-. The summed E-state index contributed by atoms with van der Waals surface area (Å²) < 4.78 is 0. The Morgan fingerprint density at radius 3 is 2.33 bits per heavy atom. The first-order chi connectivity index (χ1) is 12.7. The predicted molar refractivity (Wildman–Crippen MR) is 102 cm³/mol. The van der Waals surface area contributed by atoms with Crippen molar-refractivity contribution in [2.24, 2.45) is 5.10 Å². The summed E-state index contributed by atoms with van der Waals surface area (Å²) in [6.45, 7) is 3.37. The summed E-state index contributed by atoms with van der Waals surface area (Å²) in [6, 6.07) is 12.5. The molecule has 9 heteroatoms. The van der Waals surface area contributed by atoms with Gasteiger partial charge in [-0.1, -0.05) is 30.3 Å². The summed E-state index contributed by atoms with van der Waals surface area (Å²) in [4.78, 5) is 20.7. The molecule has 27 heavy (non-hydrogen) atoms. The predicted octanol–water partition coefficient (Wildman–Crippen LogP) is 3.87. The first-order valence-corrected chi connectivity index (χ1v) is 8.20. The summed E-state index contributed by atoms with van der Waals surface area (Å²) in [5.74, 6) is 0. The maximum absolute atomic E-state index is 11.2. The molecule has 0 amide bonds. The molecule has 0 unspecified atom stereocenters. The fourth-order valence-corrected chi connectivity index (χ4v) is 2.33. The maximum Gasteiger partial charge on any atom is 0.301 e. The molecule has 2 aromatic rings. The van der Waals surface area contributed by atoms with Crippen LogP contribution in [0.5, 0.6) is 0 Å². The van der Waals surface area contributed by atoms with E-state index < -0.39 is 21.1 Å². The molecule has 0 aromatic heterocycles. The van der Waals surface area contributed by atoms with Gasteiger partial charge >= 0.3 is 5.69 Å². The Morgan fingerprint density at radius 1 is 1.11 bits per heavy atom. The Hall–Kier alpha value is -3.33. The third kappa shape index (κ3) is 5.86. The number of nitrogens with one attached hydrogen (secondary N) is 1. The maximum atomic E-state index is 11.2. The van der Waals surface area contributed by atoms with Crippen LogP contribution in [0.25, 0.3) is 0 Å². The van der Waals surface area contributed by atoms with Crippen molar-refractivity contribution in [3.63, 3.8) is 0 Å². The second kappa shape index (κ2) is 8.37. The Balaban J connectivity index is 2.35. The molecule has 0 aliphatic carbocycles. The molecule has 0 aliphatic heterocycles. The van der Waals surface area contributed by atoms with E-state index in [1.165, 1.54) is 12.1 Å². The molecule has 0 fully saturated rings. The average Bonchev–Trinajstić information content (AvgIpc) is 2.61. The number of nitro groups is 2. The number of nitro benzene ring substituents is 2. The number of hydrazone groups is 1. The van der Waals surface area contributed by atoms with Crippen molar-refractivity contribution >= 4 is 22.8 Å². The third-order valence-electron chi connectivity index (χ3n) is 3.78. The molecule has 0 saturated carbocycles. The van der Waals surface area contributed by atoms with Gasteiger partial charge in [-0.05, 0) is 38.3 Å². The van der Waals surface area contributed by atoms with Crippen LogP contribution in [0.1, 0.15) is 32.3 Å². The zero-order chi connectivity index (χ0) is 20.0. The molecule has 0 radical (unpaired) electrons. The Kier molecular flexibility index (Phi) is 6.19. The zero-order valence-corrected chi connectivity index (χ0v) is 15.0. The van der Waals surface area contributed by atoms with Gasteiger partial charge in [0.05, 0.1) is 27.2 Å². The highest BCUT2D eigenvalue weighted by Gasteiger charge is 2.20. The lowest BCUT2D eigenvalue weighted by Crippen LogP contribution is -2.20. The zero-order valence-electron chi connectivity index (χ0n) is 15.0. The minimum Gasteiger partial charge on any atom is -0.390 e. The first kappa shape index (κ1) is 20.0. The number of rotatable bonds is 8. The minimum atomic E-state index is -0.894. The summed E-state index contributed by atoms with van der Waals surface area (Å²) in [7, 11) is 0. The van der Waals surface area contributed by atoms with Gasteiger partial charge in [-0.3, -0.25) is 25.7 Å². The second-order valence-electron chi connectivity index (χ2n) is 6.56. The van der Waals surface area contributed by atoms with Crippen molar-refractivity contribution in [2.75, 3.05) is 5.43 Å². The normalized spacial score (nSPS) is 11.9. The van der Waals surface area contributed by atoms with Gasteiger partial charge in [-0.15, -0.1) is 0 Å². The van der Waals surface area contributed by atoms with E-state index in [0.29, 0.717) is 18.6 Å². The van der Waals surface area contributed by atoms with Gasteiger partial charge in [0.2, 0.25) is 0 Å². The van der Waals surface area contributed by atoms with Gasteiger partial charge in [-0.2, -0.15) is 5.10 Å². The van der Waals surface area contributed by atoms with E-state index in [1.807, 2.05) is 30.3 Å². The van der Waals surface area contributed by atoms with E-state index in [9.17, 15) is 25.3 Å². The molecule has 0 aliphatic rings. The summed E-state index contributed by atoms with van der Waals surface area (Å²) in [5, 5.41) is 36.3. The fourth-order valence-electron chi connectivity index (χ4n) is 2.33. The van der Waals surface area contributed by atoms with Crippen LogP contribution in [0.15, 0.2) is 53.6 Å². The van der Waals surface area contributed by atoms with Crippen LogP contribution in [-0.4, -0.2) is 26.3 Å². The largest absolute Gasteiger partial charge is 0.390 e. The summed E-state index contributed by atoms with van der Waals surface area (Å²) in [6.07, 6.45) is 0.867. The van der Waals surface area contributed by atoms with E-state index in [4.69, 9.17) is 0 Å². The van der Waals surface area contributed by atoms with Crippen LogP contribution < -0.4 is 5.43 Å². The monoisotopic (exact) mass is 372 g/mol. The smallest absolute Gasteiger partial charge is 0.301 e. The number of benzene rings is 2. The highest BCUT2D eigenvalue weighted by Crippen LogP contribution is 2.29. The van der Waals surface area contributed by atoms with Gasteiger partial charge in [0.1, 0.15) is 5.69 Å². The molecule has 0 saturated heterocycles. The van der Waals surface area contributed by atoms with Crippen molar-refractivity contribution in [2.45, 2.75) is 32.3 Å². The third-order valence-corrected chi connectivity index (χ3v) is 3.78. The lowest BCUT2D eigenvalue weighted by molar-refractivity contribution is -0.393. The van der Waals surface area contributed by atoms with E-state index in [2.05, 4.69) is 10.5 Å². The molecule has 2 N–H and O–H groups in total. The highest BCUT2D eigenvalue weighted by molar-refractivity contribution is 6.01. The highest BCUT2D eigenvalue weighted by atomic mass is 16.6. The summed E-state index contributed by atoms with van der Waals surface area (Å²) >= 11 is 0. The SMILES string of the molecule is CC(C)(O)CC/C(=N/Nc1ccc([N+](=O)[O-])cc1[N+](=O)[O-])c1ccccc1. The van der Waals surface area contributed by atoms with Crippen LogP contribution in [0.2, 0.25) is 0 Å². The van der Waals surface area contributed by atoms with Gasteiger partial charge in [0.15, 0.2) is 0 Å². The quantitative estimate of drug-likeness (QED) is 0.411. The topological polar surface area (TPSA) is 131 Å². The molecule has 0 atom stereocenters. The van der Waals surface area contributed by atoms with Crippen LogP contribution in [-0.2, 0) is 0 Å². The Labute approximate surface area is 155 Å². The number of non-ortho nitro benzene ring substituents is 1. The van der Waals surface area contributed by atoms with Crippen LogP contribution in [0.3, 0.4) is 0 Å². The lowest BCUT2D eigenvalue weighted by Gasteiger charge is -2.17. The van der Waals surface area contributed by atoms with Gasteiger partial charge in [-0.25, -0.2) is 0 Å². The van der Waals surface area contributed by atoms with Crippen molar-refractivity contribution in [1.29, 1.82) is 0 Å². The number of nitrogens with zero attached hydrogens (tertiary/aromatic N) is 3. The van der Waals surface area contributed by atoms with E-state index in [-0.39, 0.29) is 11.4 Å². The van der Waals surface area contributed by atoms with Crippen molar-refractivity contribution in [3.8, 4) is 0 Å². The minimum absolute atomic E-state index is 0.0438.